The number of fused-ring (bicyclic) bond motifs is 1. The Kier molecular flexibility index (Phi) is 2.28. The van der Waals surface area contributed by atoms with Gasteiger partial charge in [0.15, 0.2) is 0 Å². The molecular weight excluding hydrogens is 222 g/mol. The largest absolute Gasteiger partial charge is 0.367 e. The minimum absolute atomic E-state index is 0.288. The lowest BCUT2D eigenvalue weighted by Gasteiger charge is -2.27. The fraction of sp³-hybridized carbons (Fsp3) is 0.400. The Morgan fingerprint density at radius 3 is 2.94 bits per heavy atom. The lowest BCUT2D eigenvalue weighted by Crippen LogP contribution is -2.28. The van der Waals surface area contributed by atoms with Gasteiger partial charge in [0, 0.05) is 6.04 Å². The molecule has 1 fully saturated rings. The first-order valence-electron chi connectivity index (χ1n) is 5.52. The van der Waals surface area contributed by atoms with Gasteiger partial charge in [-0.15, -0.1) is 0 Å². The van der Waals surface area contributed by atoms with E-state index in [9.17, 15) is 0 Å². The van der Waals surface area contributed by atoms with E-state index in [4.69, 9.17) is 11.6 Å². The average molecular weight is 234 g/mol. The summed E-state index contributed by atoms with van der Waals surface area (Å²) >= 11 is 5.90. The minimum Gasteiger partial charge on any atom is -0.367 e. The molecule has 0 aromatic carbocycles. The SMILES string of the molecule is Bc1c[nH]c2nc(Cl)nc(NC3CCC3)c12. The van der Waals surface area contributed by atoms with Gasteiger partial charge >= 0.3 is 0 Å². The van der Waals surface area contributed by atoms with Gasteiger partial charge in [0.1, 0.15) is 19.3 Å². The van der Waals surface area contributed by atoms with Gasteiger partial charge in [-0.3, -0.25) is 0 Å². The van der Waals surface area contributed by atoms with Crippen LogP contribution in [0.3, 0.4) is 0 Å². The van der Waals surface area contributed by atoms with Gasteiger partial charge in [0.05, 0.1) is 5.39 Å². The lowest BCUT2D eigenvalue weighted by atomic mass is 9.92. The van der Waals surface area contributed by atoms with E-state index in [2.05, 4.69) is 20.3 Å². The van der Waals surface area contributed by atoms with E-state index in [1.54, 1.807) is 0 Å². The van der Waals surface area contributed by atoms with E-state index in [0.29, 0.717) is 6.04 Å². The summed E-state index contributed by atoms with van der Waals surface area (Å²) < 4.78 is 0. The first-order valence-corrected chi connectivity index (χ1v) is 5.89. The smallest absolute Gasteiger partial charge is 0.226 e. The van der Waals surface area contributed by atoms with E-state index in [1.807, 2.05) is 14.0 Å². The van der Waals surface area contributed by atoms with E-state index in [1.165, 1.54) is 19.3 Å². The van der Waals surface area contributed by atoms with E-state index < -0.39 is 0 Å². The molecule has 2 heterocycles. The second-order valence-electron chi connectivity index (χ2n) is 4.31. The summed E-state index contributed by atoms with van der Waals surface area (Å²) in [7, 11) is 2.04. The standard InChI is InChI=1S/C10H12BClN4/c11-6-4-13-8-7(6)9(16-10(12)15-8)14-5-2-1-3-5/h4-5H,1-3,11H2,(H2,13,14,15,16). The Balaban J connectivity index is 2.08. The van der Waals surface area contributed by atoms with Crippen LogP contribution in [-0.2, 0) is 0 Å². The Morgan fingerprint density at radius 2 is 2.25 bits per heavy atom. The molecule has 0 bridgehead atoms. The Morgan fingerprint density at radius 1 is 1.44 bits per heavy atom. The zero-order chi connectivity index (χ0) is 11.1. The molecule has 0 amide bonds. The predicted molar refractivity (Wildman–Crippen MR) is 68.3 cm³/mol. The summed E-state index contributed by atoms with van der Waals surface area (Å²) in [6.45, 7) is 0. The first kappa shape index (κ1) is 9.96. The van der Waals surface area contributed by atoms with Gasteiger partial charge in [0.2, 0.25) is 5.28 Å². The van der Waals surface area contributed by atoms with Crippen LogP contribution in [0.4, 0.5) is 5.82 Å². The molecule has 82 valence electrons. The summed E-state index contributed by atoms with van der Waals surface area (Å²) in [6.07, 6.45) is 5.66. The molecule has 16 heavy (non-hydrogen) atoms. The molecule has 0 aliphatic heterocycles. The van der Waals surface area contributed by atoms with Gasteiger partial charge in [-0.1, -0.05) is 5.46 Å². The second kappa shape index (κ2) is 3.66. The number of aromatic nitrogens is 3. The molecule has 2 aromatic rings. The van der Waals surface area contributed by atoms with Gasteiger partial charge in [0.25, 0.3) is 0 Å². The number of anilines is 1. The maximum Gasteiger partial charge on any atom is 0.226 e. The Hall–Kier alpha value is -1.23. The van der Waals surface area contributed by atoms with E-state index in [0.717, 1.165) is 22.3 Å². The van der Waals surface area contributed by atoms with Crippen LogP contribution in [0.25, 0.3) is 11.0 Å². The third kappa shape index (κ3) is 1.55. The van der Waals surface area contributed by atoms with Crippen LogP contribution < -0.4 is 10.8 Å². The fourth-order valence-corrected chi connectivity index (χ4v) is 2.18. The summed E-state index contributed by atoms with van der Waals surface area (Å²) in [5.74, 6) is 0.860. The highest BCUT2D eigenvalue weighted by molar-refractivity contribution is 6.40. The monoisotopic (exact) mass is 234 g/mol. The molecule has 0 atom stereocenters. The Labute approximate surface area is 99.2 Å². The summed E-state index contributed by atoms with van der Waals surface area (Å²) in [5.41, 5.74) is 1.95. The molecule has 6 heteroatoms. The summed E-state index contributed by atoms with van der Waals surface area (Å²) in [5, 5.41) is 4.77. The topological polar surface area (TPSA) is 53.6 Å². The molecule has 2 N–H and O–H groups in total. The van der Waals surface area contributed by atoms with Gasteiger partial charge in [-0.25, -0.2) is 4.98 Å². The van der Waals surface area contributed by atoms with Crippen molar-refractivity contribution in [1.29, 1.82) is 0 Å². The van der Waals surface area contributed by atoms with Crippen molar-refractivity contribution >= 4 is 41.8 Å². The number of aromatic amines is 1. The molecule has 1 aliphatic rings. The summed E-state index contributed by atoms with van der Waals surface area (Å²) in [6, 6.07) is 0.545. The molecule has 1 saturated carbocycles. The van der Waals surface area contributed by atoms with Crippen molar-refractivity contribution in [3.8, 4) is 0 Å². The number of hydrogen-bond donors (Lipinski definition) is 2. The maximum atomic E-state index is 5.90. The van der Waals surface area contributed by atoms with Crippen LogP contribution in [0.1, 0.15) is 19.3 Å². The Bertz CT molecular complexity index is 535. The molecule has 0 saturated heterocycles. The molecular formula is C10H12BClN4. The van der Waals surface area contributed by atoms with Crippen LogP contribution in [0.5, 0.6) is 0 Å². The van der Waals surface area contributed by atoms with E-state index in [-0.39, 0.29) is 5.28 Å². The molecule has 3 rings (SSSR count). The maximum absolute atomic E-state index is 5.90. The van der Waals surface area contributed by atoms with Crippen molar-refractivity contribution in [2.75, 3.05) is 5.32 Å². The van der Waals surface area contributed by atoms with Crippen LogP contribution in [0.2, 0.25) is 5.28 Å². The third-order valence-corrected chi connectivity index (χ3v) is 3.32. The molecule has 0 radical (unpaired) electrons. The van der Waals surface area contributed by atoms with Crippen LogP contribution in [0.15, 0.2) is 6.20 Å². The molecule has 2 aromatic heterocycles. The number of nitrogens with one attached hydrogen (secondary N) is 2. The second-order valence-corrected chi connectivity index (χ2v) is 4.65. The normalized spacial score (nSPS) is 16.3. The van der Waals surface area contributed by atoms with E-state index >= 15 is 0 Å². The number of rotatable bonds is 2. The molecule has 4 nitrogen and oxygen atoms in total. The zero-order valence-corrected chi connectivity index (χ0v) is 9.80. The predicted octanol–water partition coefficient (Wildman–Crippen LogP) is 0.834. The van der Waals surface area contributed by atoms with Gasteiger partial charge in [-0.05, 0) is 37.1 Å². The number of nitrogens with zero attached hydrogens (tertiary/aromatic N) is 2. The van der Waals surface area contributed by atoms with Crippen molar-refractivity contribution in [3.63, 3.8) is 0 Å². The third-order valence-electron chi connectivity index (χ3n) is 3.15. The highest BCUT2D eigenvalue weighted by atomic mass is 35.5. The van der Waals surface area contributed by atoms with Crippen LogP contribution >= 0.6 is 11.6 Å². The average Bonchev–Trinajstić information content (AvgIpc) is 2.53. The highest BCUT2D eigenvalue weighted by Crippen LogP contribution is 2.26. The van der Waals surface area contributed by atoms with Crippen molar-refractivity contribution in [2.45, 2.75) is 25.3 Å². The van der Waals surface area contributed by atoms with Gasteiger partial charge in [-0.2, -0.15) is 4.98 Å². The lowest BCUT2D eigenvalue weighted by molar-refractivity contribution is 0.445. The number of hydrogen-bond acceptors (Lipinski definition) is 3. The van der Waals surface area contributed by atoms with Crippen LogP contribution in [-0.4, -0.2) is 28.8 Å². The first-order chi connectivity index (χ1) is 7.74. The molecule has 0 unspecified atom stereocenters. The van der Waals surface area contributed by atoms with Crippen LogP contribution in [0, 0.1) is 0 Å². The summed E-state index contributed by atoms with van der Waals surface area (Å²) in [4.78, 5) is 11.5. The quantitative estimate of drug-likeness (QED) is 0.598. The van der Waals surface area contributed by atoms with Crippen molar-refractivity contribution < 1.29 is 0 Å². The highest BCUT2D eigenvalue weighted by Gasteiger charge is 2.20. The minimum atomic E-state index is 0.288. The number of H-pyrrole nitrogens is 1. The van der Waals surface area contributed by atoms with Gasteiger partial charge < -0.3 is 10.3 Å². The fourth-order valence-electron chi connectivity index (χ4n) is 2.01. The number of halogens is 1. The zero-order valence-electron chi connectivity index (χ0n) is 9.05. The van der Waals surface area contributed by atoms with Crippen molar-refractivity contribution in [1.82, 2.24) is 15.0 Å². The molecule has 0 spiro atoms. The van der Waals surface area contributed by atoms with Crippen molar-refractivity contribution in [3.05, 3.63) is 11.5 Å². The molecule has 1 aliphatic carbocycles. The van der Waals surface area contributed by atoms with Crippen molar-refractivity contribution in [2.24, 2.45) is 0 Å².